The van der Waals surface area contributed by atoms with Crippen LogP contribution in [0.3, 0.4) is 0 Å². The Hall–Kier alpha value is -2.27. The van der Waals surface area contributed by atoms with Gasteiger partial charge in [0.05, 0.1) is 0 Å². The second-order valence-corrected chi connectivity index (χ2v) is 5.18. The fraction of sp³-hybridized carbons (Fsp3) is 0.0667. The molecule has 4 nitrogen and oxygen atoms in total. The highest BCUT2D eigenvalue weighted by Crippen LogP contribution is 2.19. The summed E-state index contributed by atoms with van der Waals surface area (Å²) < 4.78 is 23.4. The molecule has 2 aromatic carbocycles. The SMILES string of the molecule is CC(=Cc1ccc(N[SH](=O)=O)cc1)c1ccc(N)cc1. The molecule has 0 aromatic heterocycles. The summed E-state index contributed by atoms with van der Waals surface area (Å²) in [5.74, 6) is 0. The monoisotopic (exact) mass is 288 g/mol. The lowest BCUT2D eigenvalue weighted by Gasteiger charge is -2.04. The maximum absolute atomic E-state index is 10.5. The van der Waals surface area contributed by atoms with Crippen LogP contribution in [0.2, 0.25) is 0 Å². The van der Waals surface area contributed by atoms with Crippen molar-refractivity contribution in [3.63, 3.8) is 0 Å². The van der Waals surface area contributed by atoms with Gasteiger partial charge >= 0.3 is 0 Å². The van der Waals surface area contributed by atoms with Gasteiger partial charge in [-0.15, -0.1) is 0 Å². The predicted octanol–water partition coefficient (Wildman–Crippen LogP) is 2.77. The second-order valence-electron chi connectivity index (χ2n) is 4.44. The first-order valence-corrected chi connectivity index (χ1v) is 7.28. The molecule has 5 heteroatoms. The summed E-state index contributed by atoms with van der Waals surface area (Å²) in [6, 6.07) is 14.9. The summed E-state index contributed by atoms with van der Waals surface area (Å²) in [5, 5.41) is 0. The molecule has 3 N–H and O–H groups in total. The van der Waals surface area contributed by atoms with E-state index in [4.69, 9.17) is 5.73 Å². The Morgan fingerprint density at radius 3 is 2.20 bits per heavy atom. The van der Waals surface area contributed by atoms with E-state index in [2.05, 4.69) is 4.72 Å². The van der Waals surface area contributed by atoms with Gasteiger partial charge in [0, 0.05) is 11.4 Å². The minimum atomic E-state index is -2.62. The van der Waals surface area contributed by atoms with Gasteiger partial charge < -0.3 is 5.73 Å². The first kappa shape index (κ1) is 14.1. The van der Waals surface area contributed by atoms with Gasteiger partial charge in [0.25, 0.3) is 0 Å². The molecule has 0 aliphatic rings. The van der Waals surface area contributed by atoms with Crippen LogP contribution < -0.4 is 10.5 Å². The fourth-order valence-electron chi connectivity index (χ4n) is 1.84. The lowest BCUT2D eigenvalue weighted by atomic mass is 10.0. The van der Waals surface area contributed by atoms with E-state index in [1.54, 1.807) is 12.1 Å². The van der Waals surface area contributed by atoms with Crippen molar-refractivity contribution in [2.45, 2.75) is 6.92 Å². The smallest absolute Gasteiger partial charge is 0.222 e. The average molecular weight is 288 g/mol. The van der Waals surface area contributed by atoms with Gasteiger partial charge in [0.1, 0.15) is 0 Å². The van der Waals surface area contributed by atoms with Crippen LogP contribution in [-0.4, -0.2) is 8.42 Å². The van der Waals surface area contributed by atoms with Crippen molar-refractivity contribution in [2.75, 3.05) is 10.5 Å². The number of thiol groups is 1. The summed E-state index contributed by atoms with van der Waals surface area (Å²) in [6.07, 6.45) is 2.03. The van der Waals surface area contributed by atoms with Crippen LogP contribution in [0.25, 0.3) is 11.6 Å². The summed E-state index contributed by atoms with van der Waals surface area (Å²) in [4.78, 5) is 0. The third-order valence-corrected chi connectivity index (χ3v) is 3.32. The summed E-state index contributed by atoms with van der Waals surface area (Å²) in [7, 11) is -2.62. The van der Waals surface area contributed by atoms with Crippen molar-refractivity contribution in [2.24, 2.45) is 0 Å². The van der Waals surface area contributed by atoms with E-state index in [0.29, 0.717) is 5.69 Å². The topological polar surface area (TPSA) is 72.2 Å². The van der Waals surface area contributed by atoms with Crippen LogP contribution in [0.1, 0.15) is 18.1 Å². The summed E-state index contributed by atoms with van der Waals surface area (Å²) in [5.41, 5.74) is 10.2. The van der Waals surface area contributed by atoms with Crippen molar-refractivity contribution in [3.05, 3.63) is 59.7 Å². The molecule has 0 fully saturated rings. The van der Waals surface area contributed by atoms with Crippen LogP contribution in [-0.2, 0) is 10.9 Å². The van der Waals surface area contributed by atoms with Gasteiger partial charge in [0.2, 0.25) is 10.9 Å². The molecule has 0 heterocycles. The van der Waals surface area contributed by atoms with Crippen LogP contribution in [0, 0.1) is 0 Å². The number of nitrogen functional groups attached to an aromatic ring is 1. The van der Waals surface area contributed by atoms with Crippen molar-refractivity contribution in [1.29, 1.82) is 0 Å². The molecular weight excluding hydrogens is 272 g/mol. The zero-order valence-corrected chi connectivity index (χ0v) is 11.9. The quantitative estimate of drug-likeness (QED) is 0.460. The van der Waals surface area contributed by atoms with E-state index in [-0.39, 0.29) is 0 Å². The normalized spacial score (nSPS) is 11.6. The minimum absolute atomic E-state index is 0.559. The number of anilines is 2. The maximum Gasteiger partial charge on any atom is 0.222 e. The largest absolute Gasteiger partial charge is 0.399 e. The number of hydrogen-bond donors (Lipinski definition) is 3. The van der Waals surface area contributed by atoms with E-state index in [0.717, 1.165) is 22.4 Å². The molecule has 0 atom stereocenters. The van der Waals surface area contributed by atoms with Gasteiger partial charge in [-0.1, -0.05) is 30.3 Å². The van der Waals surface area contributed by atoms with E-state index in [1.807, 2.05) is 49.4 Å². The molecule has 0 unspecified atom stereocenters. The lowest BCUT2D eigenvalue weighted by Crippen LogP contribution is -1.94. The summed E-state index contributed by atoms with van der Waals surface area (Å²) >= 11 is 0. The average Bonchev–Trinajstić information content (AvgIpc) is 2.41. The maximum atomic E-state index is 10.5. The highest BCUT2D eigenvalue weighted by Gasteiger charge is 1.97. The Kier molecular flexibility index (Phi) is 4.42. The standard InChI is InChI=1S/C15H16N2O2S/c1-11(13-4-6-14(16)7-5-13)10-12-2-8-15(9-3-12)17-20(18)19/h2-10,20H,16H2,1H3,(H,17,18,19). The molecule has 0 saturated heterocycles. The molecule has 0 saturated carbocycles. The number of hydrogen-bond acceptors (Lipinski definition) is 3. The zero-order chi connectivity index (χ0) is 14.5. The fourth-order valence-corrected chi connectivity index (χ4v) is 2.20. The van der Waals surface area contributed by atoms with Crippen molar-refractivity contribution >= 4 is 33.9 Å². The van der Waals surface area contributed by atoms with E-state index < -0.39 is 10.9 Å². The number of nitrogens with one attached hydrogen (secondary N) is 1. The van der Waals surface area contributed by atoms with Gasteiger partial charge in [-0.05, 0) is 47.9 Å². The molecular formula is C15H16N2O2S. The van der Waals surface area contributed by atoms with E-state index in [1.165, 1.54) is 0 Å². The van der Waals surface area contributed by atoms with E-state index >= 15 is 0 Å². The molecule has 0 bridgehead atoms. The van der Waals surface area contributed by atoms with Gasteiger partial charge in [-0.2, -0.15) is 0 Å². The van der Waals surface area contributed by atoms with Crippen LogP contribution in [0.15, 0.2) is 48.5 Å². The van der Waals surface area contributed by atoms with Crippen molar-refractivity contribution in [1.82, 2.24) is 0 Å². The highest BCUT2D eigenvalue weighted by atomic mass is 32.2. The second kappa shape index (κ2) is 6.25. The van der Waals surface area contributed by atoms with Crippen molar-refractivity contribution < 1.29 is 8.42 Å². The molecule has 104 valence electrons. The van der Waals surface area contributed by atoms with E-state index in [9.17, 15) is 8.42 Å². The Morgan fingerprint density at radius 1 is 1.05 bits per heavy atom. The predicted molar refractivity (Wildman–Crippen MR) is 84.8 cm³/mol. The van der Waals surface area contributed by atoms with Crippen LogP contribution in [0.4, 0.5) is 11.4 Å². The first-order chi connectivity index (χ1) is 9.54. The number of nitrogens with two attached hydrogens (primary N) is 1. The number of allylic oxidation sites excluding steroid dienone is 1. The highest BCUT2D eigenvalue weighted by molar-refractivity contribution is 7.73. The number of rotatable bonds is 4. The Bertz CT molecular complexity index is 679. The summed E-state index contributed by atoms with van der Waals surface area (Å²) in [6.45, 7) is 2.02. The number of benzene rings is 2. The molecule has 0 aliphatic heterocycles. The lowest BCUT2D eigenvalue weighted by molar-refractivity contribution is 0.619. The molecule has 0 aliphatic carbocycles. The molecule has 20 heavy (non-hydrogen) atoms. The third-order valence-electron chi connectivity index (χ3n) is 2.88. The van der Waals surface area contributed by atoms with Gasteiger partial charge in [-0.25, -0.2) is 8.42 Å². The van der Waals surface area contributed by atoms with Crippen LogP contribution >= 0.6 is 0 Å². The Balaban J connectivity index is 2.19. The Labute approximate surface area is 120 Å². The molecule has 0 radical (unpaired) electrons. The molecule has 0 amide bonds. The van der Waals surface area contributed by atoms with Crippen molar-refractivity contribution in [3.8, 4) is 0 Å². The molecule has 0 spiro atoms. The van der Waals surface area contributed by atoms with Gasteiger partial charge in [0.15, 0.2) is 0 Å². The van der Waals surface area contributed by atoms with Gasteiger partial charge in [-0.3, -0.25) is 4.72 Å². The Morgan fingerprint density at radius 2 is 1.65 bits per heavy atom. The minimum Gasteiger partial charge on any atom is -0.399 e. The third kappa shape index (κ3) is 3.86. The first-order valence-electron chi connectivity index (χ1n) is 6.10. The molecule has 2 aromatic rings. The van der Waals surface area contributed by atoms with Crippen LogP contribution in [0.5, 0.6) is 0 Å². The zero-order valence-electron chi connectivity index (χ0n) is 11.0. The molecule has 2 rings (SSSR count).